The SMILES string of the molecule is COC(=O)c1cccc(NC(=O)COc2ccc(-c3cccc(OC)c3)cc2)c1. The molecule has 6 nitrogen and oxygen atoms in total. The first-order valence-corrected chi connectivity index (χ1v) is 8.94. The van der Waals surface area contributed by atoms with Crippen molar-refractivity contribution >= 4 is 17.6 Å². The lowest BCUT2D eigenvalue weighted by atomic mass is 10.1. The molecule has 148 valence electrons. The molecule has 0 saturated heterocycles. The fourth-order valence-electron chi connectivity index (χ4n) is 2.73. The van der Waals surface area contributed by atoms with Gasteiger partial charge in [0.05, 0.1) is 19.8 Å². The van der Waals surface area contributed by atoms with Crippen molar-refractivity contribution in [1.29, 1.82) is 0 Å². The fourth-order valence-corrected chi connectivity index (χ4v) is 2.73. The summed E-state index contributed by atoms with van der Waals surface area (Å²) in [6.45, 7) is -0.152. The Morgan fingerprint density at radius 3 is 2.31 bits per heavy atom. The summed E-state index contributed by atoms with van der Waals surface area (Å²) in [6.07, 6.45) is 0. The normalized spacial score (nSPS) is 10.1. The van der Waals surface area contributed by atoms with Crippen LogP contribution in [0.4, 0.5) is 5.69 Å². The van der Waals surface area contributed by atoms with Crippen LogP contribution in [-0.4, -0.2) is 32.7 Å². The van der Waals surface area contributed by atoms with E-state index in [4.69, 9.17) is 9.47 Å². The lowest BCUT2D eigenvalue weighted by molar-refractivity contribution is -0.118. The monoisotopic (exact) mass is 391 g/mol. The molecule has 3 aromatic carbocycles. The molecule has 0 atom stereocenters. The van der Waals surface area contributed by atoms with Gasteiger partial charge in [-0.05, 0) is 53.6 Å². The average molecular weight is 391 g/mol. The average Bonchev–Trinajstić information content (AvgIpc) is 2.77. The molecule has 3 aromatic rings. The van der Waals surface area contributed by atoms with Crippen molar-refractivity contribution in [2.75, 3.05) is 26.1 Å². The van der Waals surface area contributed by atoms with Crippen molar-refractivity contribution in [2.45, 2.75) is 0 Å². The molecule has 0 aliphatic carbocycles. The third-order valence-electron chi connectivity index (χ3n) is 4.19. The summed E-state index contributed by atoms with van der Waals surface area (Å²) >= 11 is 0. The van der Waals surface area contributed by atoms with Crippen LogP contribution in [0.15, 0.2) is 72.8 Å². The minimum Gasteiger partial charge on any atom is -0.497 e. The summed E-state index contributed by atoms with van der Waals surface area (Å²) in [5, 5.41) is 2.70. The molecule has 0 unspecified atom stereocenters. The van der Waals surface area contributed by atoms with Gasteiger partial charge in [0.15, 0.2) is 6.61 Å². The van der Waals surface area contributed by atoms with E-state index in [0.717, 1.165) is 16.9 Å². The molecule has 1 N–H and O–H groups in total. The molecule has 1 amide bonds. The molecule has 0 aliphatic heterocycles. The van der Waals surface area contributed by atoms with Crippen molar-refractivity contribution in [3.05, 3.63) is 78.4 Å². The van der Waals surface area contributed by atoms with Crippen LogP contribution in [0.3, 0.4) is 0 Å². The summed E-state index contributed by atoms with van der Waals surface area (Å²) in [7, 11) is 2.94. The molecule has 0 heterocycles. The molecular weight excluding hydrogens is 370 g/mol. The molecule has 0 spiro atoms. The molecule has 0 radical (unpaired) electrons. The maximum absolute atomic E-state index is 12.1. The van der Waals surface area contributed by atoms with Crippen molar-refractivity contribution < 1.29 is 23.8 Å². The number of methoxy groups -OCH3 is 2. The van der Waals surface area contributed by atoms with E-state index in [0.29, 0.717) is 17.0 Å². The highest BCUT2D eigenvalue weighted by Gasteiger charge is 2.08. The molecular formula is C23H21NO5. The lowest BCUT2D eigenvalue weighted by Gasteiger charge is -2.09. The van der Waals surface area contributed by atoms with Crippen LogP contribution in [0.5, 0.6) is 11.5 Å². The Labute approximate surface area is 169 Å². The minimum atomic E-state index is -0.464. The zero-order valence-electron chi connectivity index (χ0n) is 16.2. The Bertz CT molecular complexity index is 998. The molecule has 0 bridgehead atoms. The van der Waals surface area contributed by atoms with Gasteiger partial charge >= 0.3 is 5.97 Å². The molecule has 29 heavy (non-hydrogen) atoms. The number of hydrogen-bond donors (Lipinski definition) is 1. The topological polar surface area (TPSA) is 73.9 Å². The zero-order chi connectivity index (χ0) is 20.6. The first-order valence-electron chi connectivity index (χ1n) is 8.94. The van der Waals surface area contributed by atoms with Crippen molar-refractivity contribution in [2.24, 2.45) is 0 Å². The van der Waals surface area contributed by atoms with Crippen LogP contribution < -0.4 is 14.8 Å². The molecule has 6 heteroatoms. The van der Waals surface area contributed by atoms with E-state index in [9.17, 15) is 9.59 Å². The number of rotatable bonds is 7. The van der Waals surface area contributed by atoms with E-state index in [-0.39, 0.29) is 12.5 Å². The molecule has 0 saturated carbocycles. The predicted molar refractivity (Wildman–Crippen MR) is 110 cm³/mol. The smallest absolute Gasteiger partial charge is 0.337 e. The van der Waals surface area contributed by atoms with E-state index in [1.807, 2.05) is 36.4 Å². The number of ether oxygens (including phenoxy) is 3. The standard InChI is InChI=1S/C23H21NO5/c1-27-21-8-4-5-17(14-21)16-9-11-20(12-10-16)29-15-22(25)24-19-7-3-6-18(13-19)23(26)28-2/h3-14H,15H2,1-2H3,(H,24,25). The number of benzene rings is 3. The van der Waals surface area contributed by atoms with Crippen LogP contribution >= 0.6 is 0 Å². The minimum absolute atomic E-state index is 0.152. The second-order valence-corrected chi connectivity index (χ2v) is 6.17. The molecule has 0 aromatic heterocycles. The Morgan fingerprint density at radius 2 is 1.59 bits per heavy atom. The quantitative estimate of drug-likeness (QED) is 0.612. The Balaban J connectivity index is 1.57. The third kappa shape index (κ3) is 5.35. The maximum Gasteiger partial charge on any atom is 0.337 e. The van der Waals surface area contributed by atoms with Crippen LogP contribution in [-0.2, 0) is 9.53 Å². The summed E-state index contributed by atoms with van der Waals surface area (Å²) in [5.74, 6) is 0.572. The number of hydrogen-bond acceptors (Lipinski definition) is 5. The van der Waals surface area contributed by atoms with E-state index >= 15 is 0 Å². The van der Waals surface area contributed by atoms with Gasteiger partial charge in [-0.1, -0.05) is 30.3 Å². The van der Waals surface area contributed by atoms with Gasteiger partial charge in [0, 0.05) is 5.69 Å². The first-order chi connectivity index (χ1) is 14.1. The highest BCUT2D eigenvalue weighted by Crippen LogP contribution is 2.25. The number of carbonyl (C=O) groups is 2. The van der Waals surface area contributed by atoms with Gasteiger partial charge in [-0.3, -0.25) is 4.79 Å². The Morgan fingerprint density at radius 1 is 0.828 bits per heavy atom. The predicted octanol–water partition coefficient (Wildman–Crippen LogP) is 4.17. The summed E-state index contributed by atoms with van der Waals surface area (Å²) in [6, 6.07) is 21.7. The van der Waals surface area contributed by atoms with E-state index in [1.54, 1.807) is 43.5 Å². The largest absolute Gasteiger partial charge is 0.497 e. The van der Waals surface area contributed by atoms with Crippen LogP contribution in [0, 0.1) is 0 Å². The van der Waals surface area contributed by atoms with Crippen molar-refractivity contribution in [3.63, 3.8) is 0 Å². The zero-order valence-corrected chi connectivity index (χ0v) is 16.2. The third-order valence-corrected chi connectivity index (χ3v) is 4.19. The Kier molecular flexibility index (Phi) is 6.47. The number of carbonyl (C=O) groups excluding carboxylic acids is 2. The second kappa shape index (κ2) is 9.41. The van der Waals surface area contributed by atoms with Crippen LogP contribution in [0.1, 0.15) is 10.4 Å². The fraction of sp³-hybridized carbons (Fsp3) is 0.130. The van der Waals surface area contributed by atoms with Gasteiger partial charge in [0.1, 0.15) is 11.5 Å². The highest BCUT2D eigenvalue weighted by atomic mass is 16.5. The molecule has 3 rings (SSSR count). The Hall–Kier alpha value is -3.80. The second-order valence-electron chi connectivity index (χ2n) is 6.17. The van der Waals surface area contributed by atoms with Crippen molar-refractivity contribution in [1.82, 2.24) is 0 Å². The van der Waals surface area contributed by atoms with Gasteiger partial charge in [-0.2, -0.15) is 0 Å². The maximum atomic E-state index is 12.1. The van der Waals surface area contributed by atoms with Gasteiger partial charge < -0.3 is 19.5 Å². The van der Waals surface area contributed by atoms with E-state index < -0.39 is 5.97 Å². The lowest BCUT2D eigenvalue weighted by Crippen LogP contribution is -2.20. The first kappa shape index (κ1) is 19.9. The highest BCUT2D eigenvalue weighted by molar-refractivity contribution is 5.95. The number of amides is 1. The molecule has 0 aliphatic rings. The summed E-state index contributed by atoms with van der Waals surface area (Å²) in [4.78, 5) is 23.7. The molecule has 0 fully saturated rings. The van der Waals surface area contributed by atoms with Gasteiger partial charge in [0.25, 0.3) is 5.91 Å². The van der Waals surface area contributed by atoms with Gasteiger partial charge in [-0.25, -0.2) is 4.79 Å². The van der Waals surface area contributed by atoms with Gasteiger partial charge in [0.2, 0.25) is 0 Å². The van der Waals surface area contributed by atoms with Crippen molar-refractivity contribution in [3.8, 4) is 22.6 Å². The van der Waals surface area contributed by atoms with E-state index in [1.165, 1.54) is 7.11 Å². The van der Waals surface area contributed by atoms with Gasteiger partial charge in [-0.15, -0.1) is 0 Å². The number of nitrogens with one attached hydrogen (secondary N) is 1. The number of esters is 1. The summed E-state index contributed by atoms with van der Waals surface area (Å²) in [5.41, 5.74) is 2.90. The van der Waals surface area contributed by atoms with Crippen LogP contribution in [0.2, 0.25) is 0 Å². The van der Waals surface area contributed by atoms with E-state index in [2.05, 4.69) is 10.1 Å². The number of anilines is 1. The summed E-state index contributed by atoms with van der Waals surface area (Å²) < 4.78 is 15.5. The van der Waals surface area contributed by atoms with Crippen LogP contribution in [0.25, 0.3) is 11.1 Å².